The highest BCUT2D eigenvalue weighted by Crippen LogP contribution is 2.41. The highest BCUT2D eigenvalue weighted by molar-refractivity contribution is 6.37. The summed E-state index contributed by atoms with van der Waals surface area (Å²) in [7, 11) is 0. The third kappa shape index (κ3) is 2.01. The van der Waals surface area contributed by atoms with Crippen molar-refractivity contribution in [3.8, 4) is 17.3 Å². The molecule has 0 saturated heterocycles. The second-order valence-electron chi connectivity index (χ2n) is 4.37. The number of pyridine rings is 1. The van der Waals surface area contributed by atoms with E-state index in [4.69, 9.17) is 34.8 Å². The quantitative estimate of drug-likeness (QED) is 0.713. The lowest BCUT2D eigenvalue weighted by molar-refractivity contribution is 0.697. The Kier molecular flexibility index (Phi) is 3.47. The fraction of sp³-hybridized carbons (Fsp3) is 0.143. The summed E-state index contributed by atoms with van der Waals surface area (Å²) in [6.45, 7) is 0.659. The zero-order valence-corrected chi connectivity index (χ0v) is 12.5. The fourth-order valence-corrected chi connectivity index (χ4v) is 3.10. The average molecular weight is 325 g/mol. The Morgan fingerprint density at radius 3 is 2.80 bits per heavy atom. The molecule has 6 heteroatoms. The van der Waals surface area contributed by atoms with E-state index in [2.05, 4.69) is 11.1 Å². The molecule has 0 amide bonds. The first kappa shape index (κ1) is 13.5. The van der Waals surface area contributed by atoms with E-state index in [1.165, 1.54) is 0 Å². The molecule has 2 aromatic rings. The summed E-state index contributed by atoms with van der Waals surface area (Å²) in [5.41, 5.74) is 2.58. The van der Waals surface area contributed by atoms with Gasteiger partial charge in [-0.25, -0.2) is 4.98 Å². The molecule has 2 aromatic heterocycles. The van der Waals surface area contributed by atoms with E-state index in [9.17, 15) is 5.26 Å². The molecule has 0 bridgehead atoms. The van der Waals surface area contributed by atoms with Crippen LogP contribution in [0.5, 0.6) is 0 Å². The second kappa shape index (κ2) is 5.14. The summed E-state index contributed by atoms with van der Waals surface area (Å²) in [5.74, 6) is 0. The minimum Gasteiger partial charge on any atom is -0.338 e. The van der Waals surface area contributed by atoms with E-state index < -0.39 is 0 Å². The van der Waals surface area contributed by atoms with Gasteiger partial charge >= 0.3 is 0 Å². The molecule has 1 aliphatic rings. The minimum atomic E-state index is 0.361. The van der Waals surface area contributed by atoms with Gasteiger partial charge in [-0.05, 0) is 18.2 Å². The predicted octanol–water partition coefficient (Wildman–Crippen LogP) is 4.71. The van der Waals surface area contributed by atoms with Crippen LogP contribution in [0.1, 0.15) is 17.7 Å². The van der Waals surface area contributed by atoms with Crippen molar-refractivity contribution in [3.63, 3.8) is 0 Å². The van der Waals surface area contributed by atoms with E-state index in [-0.39, 0.29) is 0 Å². The van der Waals surface area contributed by atoms with Gasteiger partial charge in [0, 0.05) is 29.8 Å². The zero-order valence-electron chi connectivity index (χ0n) is 10.2. The van der Waals surface area contributed by atoms with Gasteiger partial charge in [-0.3, -0.25) is 0 Å². The van der Waals surface area contributed by atoms with E-state index in [1.54, 1.807) is 18.3 Å². The Balaban J connectivity index is 2.34. The lowest BCUT2D eigenvalue weighted by atomic mass is 10.2. The number of hydrogen-bond acceptors (Lipinski definition) is 2. The molecule has 3 nitrogen and oxygen atoms in total. The minimum absolute atomic E-state index is 0.361. The van der Waals surface area contributed by atoms with Crippen LogP contribution >= 0.6 is 34.8 Å². The van der Waals surface area contributed by atoms with Crippen molar-refractivity contribution in [2.45, 2.75) is 13.0 Å². The average Bonchev–Trinajstić information content (AvgIpc) is 2.70. The Labute approximate surface area is 131 Å². The van der Waals surface area contributed by atoms with Gasteiger partial charge in [-0.15, -0.1) is 0 Å². The third-order valence-corrected chi connectivity index (χ3v) is 4.21. The number of hydrogen-bond donors (Lipinski definition) is 0. The maximum absolute atomic E-state index is 9.32. The lowest BCUT2D eigenvalue weighted by Crippen LogP contribution is -2.07. The Morgan fingerprint density at radius 2 is 2.10 bits per heavy atom. The van der Waals surface area contributed by atoms with Gasteiger partial charge in [0.2, 0.25) is 0 Å². The van der Waals surface area contributed by atoms with Crippen molar-refractivity contribution in [2.75, 3.05) is 0 Å². The van der Waals surface area contributed by atoms with Gasteiger partial charge in [0.25, 0.3) is 0 Å². The highest BCUT2D eigenvalue weighted by atomic mass is 35.5. The molecule has 0 radical (unpaired) electrons. The first-order chi connectivity index (χ1) is 9.63. The van der Waals surface area contributed by atoms with Crippen LogP contribution in [0, 0.1) is 11.3 Å². The molecule has 0 fully saturated rings. The summed E-state index contributed by atoms with van der Waals surface area (Å²) in [6, 6.07) is 5.76. The largest absolute Gasteiger partial charge is 0.338 e. The Bertz CT molecular complexity index is 769. The molecule has 3 rings (SSSR count). The van der Waals surface area contributed by atoms with Crippen LogP contribution < -0.4 is 0 Å². The van der Waals surface area contributed by atoms with Crippen LogP contribution in [0.4, 0.5) is 0 Å². The van der Waals surface area contributed by atoms with Crippen molar-refractivity contribution >= 4 is 40.9 Å². The molecule has 1 aliphatic heterocycles. The second-order valence-corrected chi connectivity index (χ2v) is 5.59. The monoisotopic (exact) mass is 323 g/mol. The number of halogens is 3. The van der Waals surface area contributed by atoms with Crippen molar-refractivity contribution in [2.24, 2.45) is 0 Å². The third-order valence-electron chi connectivity index (χ3n) is 3.24. The van der Waals surface area contributed by atoms with E-state index in [1.807, 2.05) is 10.6 Å². The van der Waals surface area contributed by atoms with E-state index in [0.717, 1.165) is 11.4 Å². The maximum Gasteiger partial charge on any atom is 0.138 e. The normalized spacial score (nSPS) is 13.6. The Morgan fingerprint density at radius 1 is 1.30 bits per heavy atom. The van der Waals surface area contributed by atoms with E-state index in [0.29, 0.717) is 39.3 Å². The van der Waals surface area contributed by atoms with Crippen LogP contribution in [0.15, 0.2) is 23.4 Å². The predicted molar refractivity (Wildman–Crippen MR) is 80.8 cm³/mol. The maximum atomic E-state index is 9.32. The first-order valence-corrected chi connectivity index (χ1v) is 7.06. The molecule has 100 valence electrons. The van der Waals surface area contributed by atoms with Gasteiger partial charge in [-0.2, -0.15) is 5.26 Å². The summed E-state index contributed by atoms with van der Waals surface area (Å²) in [5, 5.41) is 10.8. The smallest absolute Gasteiger partial charge is 0.138 e. The van der Waals surface area contributed by atoms with Gasteiger partial charge in [0.05, 0.1) is 22.0 Å². The molecular weight excluding hydrogens is 317 g/mol. The zero-order chi connectivity index (χ0) is 14.3. The van der Waals surface area contributed by atoms with Crippen molar-refractivity contribution in [3.05, 3.63) is 44.8 Å². The van der Waals surface area contributed by atoms with Crippen LogP contribution in [-0.2, 0) is 6.54 Å². The van der Waals surface area contributed by atoms with Gasteiger partial charge < -0.3 is 4.57 Å². The molecule has 0 saturated carbocycles. The summed E-state index contributed by atoms with van der Waals surface area (Å²) < 4.78 is 1.97. The van der Waals surface area contributed by atoms with Crippen LogP contribution in [-0.4, -0.2) is 9.55 Å². The van der Waals surface area contributed by atoms with Gasteiger partial charge in [-0.1, -0.05) is 34.8 Å². The Hall–Kier alpha value is -1.47. The molecule has 0 N–H and O–H groups in total. The highest BCUT2D eigenvalue weighted by Gasteiger charge is 2.25. The number of nitriles is 1. The molecule has 0 atom stereocenters. The number of rotatable bonds is 1. The molecule has 0 unspecified atom stereocenters. The lowest BCUT2D eigenvalue weighted by Gasteiger charge is -2.16. The van der Waals surface area contributed by atoms with Gasteiger partial charge in [0.1, 0.15) is 11.2 Å². The summed E-state index contributed by atoms with van der Waals surface area (Å²) in [4.78, 5) is 4.06. The molecular formula is C14H8Cl3N3. The van der Waals surface area contributed by atoms with Crippen molar-refractivity contribution < 1.29 is 0 Å². The molecule has 0 aromatic carbocycles. The number of fused-ring (bicyclic) bond motifs is 1. The van der Waals surface area contributed by atoms with Crippen LogP contribution in [0.25, 0.3) is 17.3 Å². The van der Waals surface area contributed by atoms with Crippen molar-refractivity contribution in [1.29, 1.82) is 5.26 Å². The van der Waals surface area contributed by atoms with Crippen molar-refractivity contribution in [1.82, 2.24) is 9.55 Å². The van der Waals surface area contributed by atoms with Gasteiger partial charge in [0.15, 0.2) is 0 Å². The van der Waals surface area contributed by atoms with E-state index >= 15 is 0 Å². The standard InChI is InChI=1S/C14H8Cl3N3/c15-8-3-5-20-11(6-8)10(7-18)12(16)13(20)9-2-1-4-19-14(9)17/h1-2,4,6H,3,5H2. The SMILES string of the molecule is N#Cc1c(Cl)c(-c2cccnc2Cl)n2c1C=C(Cl)CC2. The molecule has 3 heterocycles. The summed E-state index contributed by atoms with van der Waals surface area (Å²) in [6.07, 6.45) is 4.10. The molecule has 20 heavy (non-hydrogen) atoms. The first-order valence-electron chi connectivity index (χ1n) is 5.92. The van der Waals surface area contributed by atoms with Crippen LogP contribution in [0.3, 0.4) is 0 Å². The molecule has 0 aliphatic carbocycles. The number of aromatic nitrogens is 2. The fourth-order valence-electron chi connectivity index (χ4n) is 2.36. The number of allylic oxidation sites excluding steroid dienone is 1. The number of nitrogens with zero attached hydrogens (tertiary/aromatic N) is 3. The van der Waals surface area contributed by atoms with Crippen LogP contribution in [0.2, 0.25) is 10.2 Å². The molecule has 0 spiro atoms. The summed E-state index contributed by atoms with van der Waals surface area (Å²) >= 11 is 18.6. The topological polar surface area (TPSA) is 41.6 Å².